The Morgan fingerprint density at radius 3 is 2.45 bits per heavy atom. The number of carbonyl (C=O) groups is 3. The summed E-state index contributed by atoms with van der Waals surface area (Å²) in [4.78, 5) is 36.5. The Bertz CT molecular complexity index is 557. The lowest BCUT2D eigenvalue weighted by Crippen LogP contribution is -2.45. The molecule has 1 unspecified atom stereocenters. The molecule has 1 atom stereocenters. The molecule has 0 saturated heterocycles. The fraction of sp³-hybridized carbons (Fsp3) is 0.400. The van der Waals surface area contributed by atoms with E-state index in [1.807, 2.05) is 0 Å². The minimum Gasteiger partial charge on any atom is -0.483 e. The Balaban J connectivity index is 2.62. The number of likely N-dealkylation sites (N-methyl/N-ethyl adjacent to an activating group) is 1. The van der Waals surface area contributed by atoms with Crippen molar-refractivity contribution in [2.75, 3.05) is 27.7 Å². The summed E-state index contributed by atoms with van der Waals surface area (Å²) < 4.78 is 5.37. The summed E-state index contributed by atoms with van der Waals surface area (Å²) in [5.41, 5.74) is 0.343. The van der Waals surface area contributed by atoms with Crippen LogP contribution in [-0.4, -0.2) is 56.4 Å². The lowest BCUT2D eigenvalue weighted by molar-refractivity contribution is -0.134. The summed E-state index contributed by atoms with van der Waals surface area (Å²) in [6, 6.07) is 5.98. The van der Waals surface area contributed by atoms with E-state index in [1.54, 1.807) is 45.3 Å². The standard InChI is InChI=1S/C15H21N3O4/c1-10(15(21)18(3)4)17-13(19)9-22-12-8-6-5-7-11(12)14(20)16-2/h5-8,10H,9H2,1-4H3,(H,16,20)(H,17,19). The molecule has 1 aromatic rings. The largest absolute Gasteiger partial charge is 0.483 e. The number of benzene rings is 1. The van der Waals surface area contributed by atoms with Gasteiger partial charge in [0.25, 0.3) is 11.8 Å². The molecule has 0 spiro atoms. The molecular weight excluding hydrogens is 286 g/mol. The summed E-state index contributed by atoms with van der Waals surface area (Å²) in [5.74, 6) is -0.635. The van der Waals surface area contributed by atoms with E-state index in [-0.39, 0.29) is 18.4 Å². The van der Waals surface area contributed by atoms with Crippen molar-refractivity contribution in [3.05, 3.63) is 29.8 Å². The van der Waals surface area contributed by atoms with E-state index < -0.39 is 11.9 Å². The smallest absolute Gasteiger partial charge is 0.258 e. The highest BCUT2D eigenvalue weighted by atomic mass is 16.5. The average molecular weight is 307 g/mol. The Hall–Kier alpha value is -2.57. The Morgan fingerprint density at radius 2 is 1.86 bits per heavy atom. The molecule has 0 aromatic heterocycles. The molecule has 22 heavy (non-hydrogen) atoms. The van der Waals surface area contributed by atoms with E-state index in [0.29, 0.717) is 11.3 Å². The molecular formula is C15H21N3O4. The fourth-order valence-electron chi connectivity index (χ4n) is 1.79. The molecule has 120 valence electrons. The number of carbonyl (C=O) groups excluding carboxylic acids is 3. The Kier molecular flexibility index (Phi) is 6.37. The lowest BCUT2D eigenvalue weighted by atomic mass is 10.2. The number of hydrogen-bond acceptors (Lipinski definition) is 4. The van der Waals surface area contributed by atoms with Crippen LogP contribution in [0.5, 0.6) is 5.75 Å². The quantitative estimate of drug-likeness (QED) is 0.775. The van der Waals surface area contributed by atoms with Crippen molar-refractivity contribution in [3.8, 4) is 5.75 Å². The molecule has 0 aliphatic heterocycles. The molecule has 2 N–H and O–H groups in total. The van der Waals surface area contributed by atoms with Gasteiger partial charge in [0, 0.05) is 21.1 Å². The first-order chi connectivity index (χ1) is 10.4. The summed E-state index contributed by atoms with van der Waals surface area (Å²) in [7, 11) is 4.74. The number of ether oxygens (including phenoxy) is 1. The van der Waals surface area contributed by atoms with E-state index >= 15 is 0 Å². The van der Waals surface area contributed by atoms with Crippen LogP contribution in [-0.2, 0) is 9.59 Å². The second-order valence-corrected chi connectivity index (χ2v) is 4.89. The van der Waals surface area contributed by atoms with Crippen molar-refractivity contribution in [3.63, 3.8) is 0 Å². The Labute approximate surface area is 129 Å². The lowest BCUT2D eigenvalue weighted by Gasteiger charge is -2.18. The molecule has 7 nitrogen and oxygen atoms in total. The molecule has 0 radical (unpaired) electrons. The molecule has 0 bridgehead atoms. The first-order valence-electron chi connectivity index (χ1n) is 6.81. The van der Waals surface area contributed by atoms with Crippen molar-refractivity contribution in [1.82, 2.24) is 15.5 Å². The first-order valence-corrected chi connectivity index (χ1v) is 6.81. The van der Waals surface area contributed by atoms with Crippen LogP contribution in [0, 0.1) is 0 Å². The molecule has 0 saturated carbocycles. The minimum atomic E-state index is -0.639. The number of nitrogens with one attached hydrogen (secondary N) is 2. The monoisotopic (exact) mass is 307 g/mol. The molecule has 7 heteroatoms. The molecule has 3 amide bonds. The minimum absolute atomic E-state index is 0.209. The zero-order valence-corrected chi connectivity index (χ0v) is 13.2. The number of amides is 3. The van der Waals surface area contributed by atoms with E-state index in [4.69, 9.17) is 4.74 Å². The van der Waals surface area contributed by atoms with Gasteiger partial charge in [-0.25, -0.2) is 0 Å². The van der Waals surface area contributed by atoms with Crippen molar-refractivity contribution >= 4 is 17.7 Å². The Morgan fingerprint density at radius 1 is 1.23 bits per heavy atom. The summed E-state index contributed by atoms with van der Waals surface area (Å²) in [6.45, 7) is 1.32. The summed E-state index contributed by atoms with van der Waals surface area (Å²) in [6.07, 6.45) is 0. The van der Waals surface area contributed by atoms with Crippen molar-refractivity contribution in [2.45, 2.75) is 13.0 Å². The zero-order chi connectivity index (χ0) is 16.7. The van der Waals surface area contributed by atoms with Gasteiger partial charge in [-0.1, -0.05) is 12.1 Å². The van der Waals surface area contributed by atoms with Gasteiger partial charge >= 0.3 is 0 Å². The van der Waals surface area contributed by atoms with E-state index in [2.05, 4.69) is 10.6 Å². The highest BCUT2D eigenvalue weighted by Gasteiger charge is 2.18. The van der Waals surface area contributed by atoms with Crippen molar-refractivity contribution in [1.29, 1.82) is 0 Å². The van der Waals surface area contributed by atoms with Crippen LogP contribution in [0.2, 0.25) is 0 Å². The third-order valence-corrected chi connectivity index (χ3v) is 2.91. The number of hydrogen-bond donors (Lipinski definition) is 2. The van der Waals surface area contributed by atoms with E-state index in [0.717, 1.165) is 0 Å². The number of para-hydroxylation sites is 1. The third kappa shape index (κ3) is 4.76. The molecule has 0 heterocycles. The van der Waals surface area contributed by atoms with Gasteiger partial charge < -0.3 is 20.3 Å². The normalized spacial score (nSPS) is 11.3. The predicted octanol–water partition coefficient (Wildman–Crippen LogP) is 0.0179. The third-order valence-electron chi connectivity index (χ3n) is 2.91. The topological polar surface area (TPSA) is 87.7 Å². The molecule has 1 rings (SSSR count). The predicted molar refractivity (Wildman–Crippen MR) is 81.6 cm³/mol. The van der Waals surface area contributed by atoms with E-state index in [9.17, 15) is 14.4 Å². The SMILES string of the molecule is CNC(=O)c1ccccc1OCC(=O)NC(C)C(=O)N(C)C. The van der Waals surface area contributed by atoms with Gasteiger partial charge in [-0.05, 0) is 19.1 Å². The first kappa shape index (κ1) is 17.5. The molecule has 0 aliphatic rings. The molecule has 1 aromatic carbocycles. The van der Waals surface area contributed by atoms with Crippen molar-refractivity contribution in [2.24, 2.45) is 0 Å². The van der Waals surface area contributed by atoms with Crippen LogP contribution in [0.25, 0.3) is 0 Å². The van der Waals surface area contributed by atoms with Crippen molar-refractivity contribution < 1.29 is 19.1 Å². The summed E-state index contributed by atoms with van der Waals surface area (Å²) >= 11 is 0. The van der Waals surface area contributed by atoms with Crippen LogP contribution in [0.3, 0.4) is 0 Å². The van der Waals surface area contributed by atoms with Crippen LogP contribution >= 0.6 is 0 Å². The van der Waals surface area contributed by atoms with E-state index in [1.165, 1.54) is 11.9 Å². The van der Waals surface area contributed by atoms with Gasteiger partial charge in [-0.3, -0.25) is 14.4 Å². The zero-order valence-electron chi connectivity index (χ0n) is 13.2. The van der Waals surface area contributed by atoms with Gasteiger partial charge in [0.15, 0.2) is 6.61 Å². The number of rotatable bonds is 6. The van der Waals surface area contributed by atoms with Crippen LogP contribution in [0.15, 0.2) is 24.3 Å². The maximum absolute atomic E-state index is 11.8. The van der Waals surface area contributed by atoms with Gasteiger partial charge in [0.05, 0.1) is 5.56 Å². The van der Waals surface area contributed by atoms with Crippen LogP contribution < -0.4 is 15.4 Å². The van der Waals surface area contributed by atoms with Gasteiger partial charge in [0.2, 0.25) is 5.91 Å². The van der Waals surface area contributed by atoms with Gasteiger partial charge in [0.1, 0.15) is 11.8 Å². The highest BCUT2D eigenvalue weighted by molar-refractivity contribution is 5.96. The molecule has 0 fully saturated rings. The fourth-order valence-corrected chi connectivity index (χ4v) is 1.79. The van der Waals surface area contributed by atoms with Gasteiger partial charge in [-0.2, -0.15) is 0 Å². The van der Waals surface area contributed by atoms with Crippen LogP contribution in [0.1, 0.15) is 17.3 Å². The average Bonchev–Trinajstić information content (AvgIpc) is 2.51. The summed E-state index contributed by atoms with van der Waals surface area (Å²) in [5, 5.41) is 5.04. The second kappa shape index (κ2) is 8.02. The number of nitrogens with zero attached hydrogens (tertiary/aromatic N) is 1. The second-order valence-electron chi connectivity index (χ2n) is 4.89. The maximum atomic E-state index is 11.8. The molecule has 0 aliphatic carbocycles. The maximum Gasteiger partial charge on any atom is 0.258 e. The highest BCUT2D eigenvalue weighted by Crippen LogP contribution is 2.17. The van der Waals surface area contributed by atoms with Crippen LogP contribution in [0.4, 0.5) is 0 Å². The van der Waals surface area contributed by atoms with Gasteiger partial charge in [-0.15, -0.1) is 0 Å².